The van der Waals surface area contributed by atoms with Gasteiger partial charge >= 0.3 is 8.60 Å². The predicted molar refractivity (Wildman–Crippen MR) is 126 cm³/mol. The van der Waals surface area contributed by atoms with Crippen molar-refractivity contribution in [3.05, 3.63) is 59.7 Å². The van der Waals surface area contributed by atoms with E-state index in [-0.39, 0.29) is 12.5 Å². The summed E-state index contributed by atoms with van der Waals surface area (Å²) in [7, 11) is 4.67. The highest BCUT2D eigenvalue weighted by molar-refractivity contribution is 8.13. The van der Waals surface area contributed by atoms with Gasteiger partial charge in [0.25, 0.3) is 0 Å². The van der Waals surface area contributed by atoms with Crippen LogP contribution in [-0.2, 0) is 29.6 Å². The Labute approximate surface area is 193 Å². The first-order chi connectivity index (χ1) is 15.5. The Morgan fingerprint density at radius 2 is 1.81 bits per heavy atom. The van der Waals surface area contributed by atoms with Crippen LogP contribution in [0.25, 0.3) is 0 Å². The van der Waals surface area contributed by atoms with Gasteiger partial charge in [-0.15, -0.1) is 0 Å². The first kappa shape index (κ1) is 26.1. The van der Waals surface area contributed by atoms with Crippen LogP contribution in [-0.4, -0.2) is 51.8 Å². The second kappa shape index (κ2) is 14.1. The van der Waals surface area contributed by atoms with E-state index in [0.29, 0.717) is 23.5 Å². The zero-order chi connectivity index (χ0) is 23.3. The number of hydrogen-bond acceptors (Lipinski definition) is 8. The minimum atomic E-state index is -1.53. The lowest BCUT2D eigenvalue weighted by atomic mass is 10.1. The molecule has 2 aromatic rings. The van der Waals surface area contributed by atoms with Crippen molar-refractivity contribution in [3.63, 3.8) is 0 Å². The monoisotopic (exact) mass is 481 g/mol. The molecule has 10 heteroatoms. The van der Waals surface area contributed by atoms with Crippen molar-refractivity contribution >= 4 is 31.9 Å². The van der Waals surface area contributed by atoms with E-state index in [1.54, 1.807) is 14.2 Å². The molecule has 0 aliphatic carbocycles. The van der Waals surface area contributed by atoms with Crippen LogP contribution < -0.4 is 14.8 Å². The average molecular weight is 482 g/mol. The van der Waals surface area contributed by atoms with Crippen molar-refractivity contribution < 1.29 is 32.6 Å². The number of carbonyl (C=O) groups is 2. The Balaban J connectivity index is 2.07. The van der Waals surface area contributed by atoms with Crippen molar-refractivity contribution in [1.82, 2.24) is 5.32 Å². The number of hydrogen-bond donors (Lipinski definition) is 1. The summed E-state index contributed by atoms with van der Waals surface area (Å²) in [6, 6.07) is 14.9. The summed E-state index contributed by atoms with van der Waals surface area (Å²) in [5.74, 6) is 1.16. The molecule has 0 saturated carbocycles. The molecule has 174 valence electrons. The van der Waals surface area contributed by atoms with Crippen molar-refractivity contribution in [2.75, 3.05) is 35.0 Å². The molecule has 1 N–H and O–H groups in total. The lowest BCUT2D eigenvalue weighted by Crippen LogP contribution is -2.31. The summed E-state index contributed by atoms with van der Waals surface area (Å²) in [4.78, 5) is 22.7. The third kappa shape index (κ3) is 8.07. The van der Waals surface area contributed by atoms with Crippen molar-refractivity contribution in [2.45, 2.75) is 17.8 Å². The van der Waals surface area contributed by atoms with E-state index in [9.17, 15) is 9.59 Å². The summed E-state index contributed by atoms with van der Waals surface area (Å²) in [6.45, 7) is 0.222. The van der Waals surface area contributed by atoms with Crippen LogP contribution in [0.3, 0.4) is 0 Å². The van der Waals surface area contributed by atoms with Gasteiger partial charge < -0.3 is 28.4 Å². The minimum absolute atomic E-state index is 0.187. The predicted octanol–water partition coefficient (Wildman–Crippen LogP) is 3.93. The van der Waals surface area contributed by atoms with Gasteiger partial charge in [0.15, 0.2) is 5.62 Å². The van der Waals surface area contributed by atoms with Gasteiger partial charge in [-0.1, -0.05) is 36.0 Å². The fraction of sp³-hybridized carbons (Fsp3) is 0.364. The van der Waals surface area contributed by atoms with Crippen molar-refractivity contribution in [3.8, 4) is 11.5 Å². The molecule has 0 spiro atoms. The third-order valence-electron chi connectivity index (χ3n) is 4.48. The maximum atomic E-state index is 11.9. The van der Waals surface area contributed by atoms with Crippen LogP contribution in [0.1, 0.15) is 17.2 Å². The van der Waals surface area contributed by atoms with Gasteiger partial charge in [-0.25, -0.2) is 0 Å². The first-order valence-corrected chi connectivity index (χ1v) is 11.8. The van der Waals surface area contributed by atoms with Crippen LogP contribution in [0.4, 0.5) is 0 Å². The molecular formula is C22H28NO7PS. The van der Waals surface area contributed by atoms with Gasteiger partial charge in [-0.05, 0) is 41.8 Å². The quantitative estimate of drug-likeness (QED) is 0.321. The summed E-state index contributed by atoms with van der Waals surface area (Å²) < 4.78 is 27.7. The molecular weight excluding hydrogens is 453 g/mol. The standard InChI is InChI=1S/C22H28NO7PS/c1-23-22(25)21(32-15-24)12-16-8-10-18(11-9-16)29-14-20(30-31(27-3)28-4)17-6-5-7-19(13-17)26-2/h5-11,13,15,20-21H,12,14H2,1-4H3,(H,23,25). The highest BCUT2D eigenvalue weighted by atomic mass is 32.2. The largest absolute Gasteiger partial charge is 0.497 e. The molecule has 0 bridgehead atoms. The van der Waals surface area contributed by atoms with Crippen LogP contribution in [0.2, 0.25) is 0 Å². The molecule has 8 nitrogen and oxygen atoms in total. The molecule has 0 saturated heterocycles. The molecule has 32 heavy (non-hydrogen) atoms. The van der Waals surface area contributed by atoms with Crippen molar-refractivity contribution in [1.29, 1.82) is 0 Å². The summed E-state index contributed by atoms with van der Waals surface area (Å²) in [5, 5.41) is 2.10. The van der Waals surface area contributed by atoms with E-state index >= 15 is 0 Å². The smallest absolute Gasteiger partial charge is 0.332 e. The highest BCUT2D eigenvalue weighted by Crippen LogP contribution is 2.43. The Morgan fingerprint density at radius 3 is 2.41 bits per heavy atom. The van der Waals surface area contributed by atoms with Gasteiger partial charge in [0.1, 0.15) is 24.2 Å². The SMILES string of the molecule is CNC(=O)C(Cc1ccc(OCC(OP(OC)OC)c2cccc(OC)c2)cc1)SC=O. The van der Waals surface area contributed by atoms with Gasteiger partial charge in [-0.2, -0.15) is 0 Å². The molecule has 0 radical (unpaired) electrons. The second-order valence-electron chi connectivity index (χ2n) is 6.45. The van der Waals surface area contributed by atoms with Crippen LogP contribution >= 0.6 is 20.4 Å². The van der Waals surface area contributed by atoms with E-state index in [0.717, 1.165) is 22.9 Å². The Hall–Kier alpha value is -2.16. The van der Waals surface area contributed by atoms with Crippen LogP contribution in [0.5, 0.6) is 11.5 Å². The molecule has 1 amide bonds. The number of amides is 1. The van der Waals surface area contributed by atoms with E-state index in [1.807, 2.05) is 48.5 Å². The molecule has 0 aromatic heterocycles. The fourth-order valence-electron chi connectivity index (χ4n) is 2.83. The molecule has 0 aliphatic heterocycles. The lowest BCUT2D eigenvalue weighted by molar-refractivity contribution is -0.120. The third-order valence-corrected chi connectivity index (χ3v) is 6.32. The Bertz CT molecular complexity index is 848. The molecule has 2 atom stereocenters. The highest BCUT2D eigenvalue weighted by Gasteiger charge is 2.22. The van der Waals surface area contributed by atoms with E-state index in [1.165, 1.54) is 14.2 Å². The number of benzene rings is 2. The van der Waals surface area contributed by atoms with Gasteiger partial charge in [0.2, 0.25) is 5.91 Å². The van der Waals surface area contributed by atoms with E-state index in [2.05, 4.69) is 5.32 Å². The molecule has 0 fully saturated rings. The molecule has 2 aromatic carbocycles. The summed E-state index contributed by atoms with van der Waals surface area (Å²) in [5.41, 5.74) is 2.47. The summed E-state index contributed by atoms with van der Waals surface area (Å²) >= 11 is 0.960. The molecule has 2 rings (SSSR count). The summed E-state index contributed by atoms with van der Waals surface area (Å²) in [6.07, 6.45) is -0.0114. The molecule has 0 heterocycles. The topological polar surface area (TPSA) is 92.3 Å². The number of rotatable bonds is 14. The van der Waals surface area contributed by atoms with E-state index in [4.69, 9.17) is 23.0 Å². The van der Waals surface area contributed by atoms with Crippen LogP contribution in [0, 0.1) is 0 Å². The van der Waals surface area contributed by atoms with E-state index < -0.39 is 20.0 Å². The number of thioether (sulfide) groups is 1. The second-order valence-corrected chi connectivity index (χ2v) is 8.88. The zero-order valence-electron chi connectivity index (χ0n) is 18.5. The van der Waals surface area contributed by atoms with Gasteiger partial charge in [0.05, 0.1) is 12.4 Å². The van der Waals surface area contributed by atoms with Crippen molar-refractivity contribution in [2.24, 2.45) is 0 Å². The van der Waals surface area contributed by atoms with Crippen LogP contribution in [0.15, 0.2) is 48.5 Å². The zero-order valence-corrected chi connectivity index (χ0v) is 20.2. The fourth-order valence-corrected chi connectivity index (χ4v) is 4.21. The first-order valence-electron chi connectivity index (χ1n) is 9.76. The Morgan fingerprint density at radius 1 is 1.09 bits per heavy atom. The lowest BCUT2D eigenvalue weighted by Gasteiger charge is -2.22. The maximum Gasteiger partial charge on any atom is 0.332 e. The number of methoxy groups -OCH3 is 1. The van der Waals surface area contributed by atoms with Gasteiger partial charge in [-0.3, -0.25) is 9.59 Å². The van der Waals surface area contributed by atoms with Gasteiger partial charge in [0, 0.05) is 21.3 Å². The maximum absolute atomic E-state index is 11.9. The number of nitrogens with one attached hydrogen (secondary N) is 1. The molecule has 2 unspecified atom stereocenters. The number of ether oxygens (including phenoxy) is 2. The normalized spacial score (nSPS) is 12.8. The average Bonchev–Trinajstić information content (AvgIpc) is 2.84. The minimum Gasteiger partial charge on any atom is -0.497 e. The molecule has 0 aliphatic rings. The Kier molecular flexibility index (Phi) is 11.5. The number of carbonyl (C=O) groups excluding carboxylic acids is 2.